The number of rotatable bonds is 3. The van der Waals surface area contributed by atoms with Crippen LogP contribution in [0.15, 0.2) is 24.3 Å². The van der Waals surface area contributed by atoms with Crippen molar-refractivity contribution < 1.29 is 4.79 Å². The van der Waals surface area contributed by atoms with Gasteiger partial charge in [0.2, 0.25) is 5.91 Å². The van der Waals surface area contributed by atoms with Crippen LogP contribution in [0, 0.1) is 0 Å². The SMILES string of the molecule is O=C(CCc1nc2ccccc2s1)N1CCCCC1. The van der Waals surface area contributed by atoms with Crippen LogP contribution in [-0.4, -0.2) is 28.9 Å². The molecule has 0 saturated carbocycles. The molecule has 1 aromatic heterocycles. The molecule has 0 spiro atoms. The first-order valence-corrected chi connectivity index (χ1v) is 7.77. The molecule has 3 rings (SSSR count). The number of hydrogen-bond acceptors (Lipinski definition) is 3. The molecule has 0 aliphatic carbocycles. The molecular formula is C15H18N2OS. The fourth-order valence-corrected chi connectivity index (χ4v) is 3.51. The Morgan fingerprint density at radius 3 is 2.79 bits per heavy atom. The Morgan fingerprint density at radius 1 is 1.21 bits per heavy atom. The summed E-state index contributed by atoms with van der Waals surface area (Å²) < 4.78 is 1.21. The van der Waals surface area contributed by atoms with E-state index in [2.05, 4.69) is 11.1 Å². The summed E-state index contributed by atoms with van der Waals surface area (Å²) in [7, 11) is 0. The fraction of sp³-hybridized carbons (Fsp3) is 0.467. The average molecular weight is 274 g/mol. The lowest BCUT2D eigenvalue weighted by Gasteiger charge is -2.26. The van der Waals surface area contributed by atoms with E-state index in [1.54, 1.807) is 11.3 Å². The van der Waals surface area contributed by atoms with Crippen molar-refractivity contribution in [1.82, 2.24) is 9.88 Å². The first kappa shape index (κ1) is 12.6. The van der Waals surface area contributed by atoms with Gasteiger partial charge in [-0.25, -0.2) is 4.98 Å². The van der Waals surface area contributed by atoms with Gasteiger partial charge < -0.3 is 4.90 Å². The van der Waals surface area contributed by atoms with E-state index in [0.717, 1.165) is 42.9 Å². The number of thiazole rings is 1. The molecule has 4 heteroatoms. The van der Waals surface area contributed by atoms with Gasteiger partial charge in [-0.15, -0.1) is 11.3 Å². The van der Waals surface area contributed by atoms with E-state index in [1.807, 2.05) is 23.1 Å². The van der Waals surface area contributed by atoms with Crippen molar-refractivity contribution in [2.45, 2.75) is 32.1 Å². The Kier molecular flexibility index (Phi) is 3.78. The van der Waals surface area contributed by atoms with Crippen LogP contribution in [0.4, 0.5) is 0 Å². The summed E-state index contributed by atoms with van der Waals surface area (Å²) in [6.45, 7) is 1.89. The summed E-state index contributed by atoms with van der Waals surface area (Å²) in [6.07, 6.45) is 4.95. The van der Waals surface area contributed by atoms with Gasteiger partial charge in [-0.2, -0.15) is 0 Å². The van der Waals surface area contributed by atoms with Gasteiger partial charge in [0.1, 0.15) is 0 Å². The van der Waals surface area contributed by atoms with Crippen molar-refractivity contribution in [1.29, 1.82) is 0 Å². The van der Waals surface area contributed by atoms with E-state index in [0.29, 0.717) is 12.3 Å². The van der Waals surface area contributed by atoms with E-state index in [4.69, 9.17) is 0 Å². The van der Waals surface area contributed by atoms with Crippen LogP contribution in [0.1, 0.15) is 30.7 Å². The number of carbonyl (C=O) groups excluding carboxylic acids is 1. The second-order valence-electron chi connectivity index (χ2n) is 5.02. The topological polar surface area (TPSA) is 33.2 Å². The van der Waals surface area contributed by atoms with E-state index in [9.17, 15) is 4.79 Å². The van der Waals surface area contributed by atoms with Crippen molar-refractivity contribution in [3.05, 3.63) is 29.3 Å². The maximum absolute atomic E-state index is 12.1. The summed E-state index contributed by atoms with van der Waals surface area (Å²) in [5.41, 5.74) is 1.05. The van der Waals surface area contributed by atoms with Gasteiger partial charge in [-0.05, 0) is 31.4 Å². The van der Waals surface area contributed by atoms with Gasteiger partial charge >= 0.3 is 0 Å². The minimum Gasteiger partial charge on any atom is -0.343 e. The number of carbonyl (C=O) groups is 1. The monoisotopic (exact) mass is 274 g/mol. The molecule has 0 radical (unpaired) electrons. The minimum atomic E-state index is 0.291. The van der Waals surface area contributed by atoms with Crippen LogP contribution in [0.2, 0.25) is 0 Å². The quantitative estimate of drug-likeness (QED) is 0.861. The highest BCUT2D eigenvalue weighted by molar-refractivity contribution is 7.18. The van der Waals surface area contributed by atoms with Crippen molar-refractivity contribution in [3.63, 3.8) is 0 Å². The summed E-state index contributed by atoms with van der Waals surface area (Å²) in [6, 6.07) is 8.15. The number of para-hydroxylation sites is 1. The van der Waals surface area contributed by atoms with Gasteiger partial charge in [0.05, 0.1) is 15.2 Å². The van der Waals surface area contributed by atoms with Crippen molar-refractivity contribution in [2.24, 2.45) is 0 Å². The molecule has 1 saturated heterocycles. The normalized spacial score (nSPS) is 15.9. The lowest BCUT2D eigenvalue weighted by atomic mass is 10.1. The van der Waals surface area contributed by atoms with Gasteiger partial charge in [-0.1, -0.05) is 12.1 Å². The molecule has 0 bridgehead atoms. The standard InChI is InChI=1S/C15H18N2OS/c18-15(17-10-4-1-5-11-17)9-8-14-16-12-6-2-3-7-13(12)19-14/h2-3,6-7H,1,4-5,8-11H2. The molecule has 3 nitrogen and oxygen atoms in total. The molecule has 1 amide bonds. The molecule has 1 aromatic carbocycles. The highest BCUT2D eigenvalue weighted by Crippen LogP contribution is 2.22. The summed E-state index contributed by atoms with van der Waals surface area (Å²) in [4.78, 5) is 18.7. The lowest BCUT2D eigenvalue weighted by molar-refractivity contribution is -0.132. The minimum absolute atomic E-state index is 0.291. The molecule has 2 heterocycles. The maximum atomic E-state index is 12.1. The second-order valence-corrected chi connectivity index (χ2v) is 6.13. The largest absolute Gasteiger partial charge is 0.343 e. The second kappa shape index (κ2) is 5.70. The molecule has 0 unspecified atom stereocenters. The third-order valence-corrected chi connectivity index (χ3v) is 4.70. The predicted octanol–water partition coefficient (Wildman–Crippen LogP) is 3.24. The highest BCUT2D eigenvalue weighted by atomic mass is 32.1. The van der Waals surface area contributed by atoms with Crippen LogP contribution in [0.3, 0.4) is 0 Å². The van der Waals surface area contributed by atoms with Crippen LogP contribution in [-0.2, 0) is 11.2 Å². The number of fused-ring (bicyclic) bond motifs is 1. The Labute approximate surface area is 117 Å². The Balaban J connectivity index is 1.60. The zero-order valence-electron chi connectivity index (χ0n) is 11.0. The number of likely N-dealkylation sites (tertiary alicyclic amines) is 1. The number of aromatic nitrogens is 1. The average Bonchev–Trinajstić information content (AvgIpc) is 2.88. The highest BCUT2D eigenvalue weighted by Gasteiger charge is 2.16. The predicted molar refractivity (Wildman–Crippen MR) is 78.4 cm³/mol. The number of benzene rings is 1. The Morgan fingerprint density at radius 2 is 2.00 bits per heavy atom. The molecular weight excluding hydrogens is 256 g/mol. The number of nitrogens with zero attached hydrogens (tertiary/aromatic N) is 2. The number of amides is 1. The summed E-state index contributed by atoms with van der Waals surface area (Å²) in [5.74, 6) is 0.291. The third kappa shape index (κ3) is 2.95. The fourth-order valence-electron chi connectivity index (χ4n) is 2.54. The van der Waals surface area contributed by atoms with E-state index < -0.39 is 0 Å². The first-order valence-electron chi connectivity index (χ1n) is 6.95. The van der Waals surface area contributed by atoms with Gasteiger partial charge in [-0.3, -0.25) is 4.79 Å². The van der Waals surface area contributed by atoms with Crippen LogP contribution in [0.5, 0.6) is 0 Å². The molecule has 100 valence electrons. The van der Waals surface area contributed by atoms with Crippen LogP contribution < -0.4 is 0 Å². The van der Waals surface area contributed by atoms with Gasteiger partial charge in [0.25, 0.3) is 0 Å². The summed E-state index contributed by atoms with van der Waals surface area (Å²) >= 11 is 1.70. The van der Waals surface area contributed by atoms with Gasteiger partial charge in [0.15, 0.2) is 0 Å². The number of piperidine rings is 1. The molecule has 1 fully saturated rings. The van der Waals surface area contributed by atoms with Crippen molar-refractivity contribution in [2.75, 3.05) is 13.1 Å². The van der Waals surface area contributed by atoms with E-state index in [1.165, 1.54) is 11.1 Å². The molecule has 19 heavy (non-hydrogen) atoms. The third-order valence-electron chi connectivity index (χ3n) is 3.60. The molecule has 1 aliphatic rings. The van der Waals surface area contributed by atoms with Crippen molar-refractivity contribution in [3.8, 4) is 0 Å². The number of hydrogen-bond donors (Lipinski definition) is 0. The maximum Gasteiger partial charge on any atom is 0.222 e. The van der Waals surface area contributed by atoms with E-state index >= 15 is 0 Å². The van der Waals surface area contributed by atoms with E-state index in [-0.39, 0.29) is 0 Å². The molecule has 1 aliphatic heterocycles. The zero-order valence-corrected chi connectivity index (χ0v) is 11.8. The van der Waals surface area contributed by atoms with Gasteiger partial charge in [0, 0.05) is 25.9 Å². The molecule has 0 atom stereocenters. The van der Waals surface area contributed by atoms with Crippen LogP contribution >= 0.6 is 11.3 Å². The number of aryl methyl sites for hydroxylation is 1. The van der Waals surface area contributed by atoms with Crippen LogP contribution in [0.25, 0.3) is 10.2 Å². The smallest absolute Gasteiger partial charge is 0.222 e. The first-order chi connectivity index (χ1) is 9.33. The summed E-state index contributed by atoms with van der Waals surface area (Å²) in [5, 5.41) is 1.08. The lowest BCUT2D eigenvalue weighted by Crippen LogP contribution is -2.35. The Hall–Kier alpha value is -1.42. The Bertz CT molecular complexity index is 539. The molecule has 0 N–H and O–H groups in total. The van der Waals surface area contributed by atoms with Crippen molar-refractivity contribution >= 4 is 27.5 Å². The zero-order chi connectivity index (χ0) is 13.1. The molecule has 2 aromatic rings.